The van der Waals surface area contributed by atoms with Crippen LogP contribution in [-0.2, 0) is 13.1 Å². The SMILES string of the molecule is Clc1cccc(-c2nnc(CNCc3ccccc3)o2)c1. The van der Waals surface area contributed by atoms with Crippen molar-refractivity contribution in [3.63, 3.8) is 0 Å². The van der Waals surface area contributed by atoms with Crippen LogP contribution in [0.3, 0.4) is 0 Å². The molecule has 0 aliphatic rings. The topological polar surface area (TPSA) is 51.0 Å². The number of nitrogens with zero attached hydrogens (tertiary/aromatic N) is 2. The van der Waals surface area contributed by atoms with Gasteiger partial charge >= 0.3 is 0 Å². The molecule has 0 saturated carbocycles. The van der Waals surface area contributed by atoms with Crippen LogP contribution in [0, 0.1) is 0 Å². The maximum Gasteiger partial charge on any atom is 0.247 e. The van der Waals surface area contributed by atoms with E-state index in [1.165, 1.54) is 5.56 Å². The van der Waals surface area contributed by atoms with Gasteiger partial charge in [-0.2, -0.15) is 0 Å². The summed E-state index contributed by atoms with van der Waals surface area (Å²) in [5.41, 5.74) is 2.04. The van der Waals surface area contributed by atoms with Gasteiger partial charge in [-0.1, -0.05) is 48.0 Å². The molecule has 1 heterocycles. The van der Waals surface area contributed by atoms with Crippen LogP contribution in [0.1, 0.15) is 11.5 Å². The minimum Gasteiger partial charge on any atom is -0.419 e. The van der Waals surface area contributed by atoms with Gasteiger partial charge < -0.3 is 9.73 Å². The lowest BCUT2D eigenvalue weighted by molar-refractivity contribution is 0.477. The molecule has 5 heteroatoms. The second kappa shape index (κ2) is 6.52. The molecule has 0 amide bonds. The van der Waals surface area contributed by atoms with Crippen molar-refractivity contribution in [3.8, 4) is 11.5 Å². The third-order valence-electron chi connectivity index (χ3n) is 2.99. The van der Waals surface area contributed by atoms with Crippen molar-refractivity contribution < 1.29 is 4.42 Å². The first-order valence-corrected chi connectivity index (χ1v) is 7.02. The molecule has 0 spiro atoms. The molecule has 1 aromatic heterocycles. The Hall–Kier alpha value is -2.17. The Labute approximate surface area is 127 Å². The molecule has 106 valence electrons. The Morgan fingerprint density at radius 2 is 1.81 bits per heavy atom. The molecule has 3 rings (SSSR count). The number of halogens is 1. The zero-order valence-corrected chi connectivity index (χ0v) is 12.0. The van der Waals surface area contributed by atoms with E-state index in [0.29, 0.717) is 23.3 Å². The number of nitrogens with one attached hydrogen (secondary N) is 1. The maximum absolute atomic E-state index is 5.95. The molecule has 0 bridgehead atoms. The number of benzene rings is 2. The first-order valence-electron chi connectivity index (χ1n) is 6.64. The van der Waals surface area contributed by atoms with Crippen LogP contribution in [0.2, 0.25) is 5.02 Å². The van der Waals surface area contributed by atoms with Crippen molar-refractivity contribution in [2.75, 3.05) is 0 Å². The van der Waals surface area contributed by atoms with E-state index in [2.05, 4.69) is 27.6 Å². The van der Waals surface area contributed by atoms with Crippen LogP contribution in [-0.4, -0.2) is 10.2 Å². The summed E-state index contributed by atoms with van der Waals surface area (Å²) in [5, 5.41) is 12.0. The van der Waals surface area contributed by atoms with Gasteiger partial charge in [0.1, 0.15) is 0 Å². The quantitative estimate of drug-likeness (QED) is 0.781. The number of aromatic nitrogens is 2. The minimum absolute atomic E-state index is 0.481. The average Bonchev–Trinajstić information content (AvgIpc) is 2.97. The van der Waals surface area contributed by atoms with Crippen molar-refractivity contribution >= 4 is 11.6 Å². The molecule has 3 aromatic rings. The molecule has 0 unspecified atom stereocenters. The van der Waals surface area contributed by atoms with Gasteiger partial charge in [0.2, 0.25) is 11.8 Å². The van der Waals surface area contributed by atoms with Gasteiger partial charge in [0.25, 0.3) is 0 Å². The molecular formula is C16H14ClN3O. The third kappa shape index (κ3) is 3.68. The highest BCUT2D eigenvalue weighted by Gasteiger charge is 2.08. The van der Waals surface area contributed by atoms with Crippen molar-refractivity contribution in [2.24, 2.45) is 0 Å². The molecule has 0 aliphatic heterocycles. The first-order chi connectivity index (χ1) is 10.3. The van der Waals surface area contributed by atoms with E-state index in [1.54, 1.807) is 6.07 Å². The summed E-state index contributed by atoms with van der Waals surface area (Å²) in [4.78, 5) is 0. The highest BCUT2D eigenvalue weighted by atomic mass is 35.5. The molecule has 21 heavy (non-hydrogen) atoms. The van der Waals surface area contributed by atoms with Crippen LogP contribution >= 0.6 is 11.6 Å². The fraction of sp³-hybridized carbons (Fsp3) is 0.125. The van der Waals surface area contributed by atoms with E-state index < -0.39 is 0 Å². The van der Waals surface area contributed by atoms with E-state index in [9.17, 15) is 0 Å². The van der Waals surface area contributed by atoms with E-state index >= 15 is 0 Å². The van der Waals surface area contributed by atoms with Crippen molar-refractivity contribution in [2.45, 2.75) is 13.1 Å². The summed E-state index contributed by atoms with van der Waals surface area (Å²) in [5.74, 6) is 1.04. The lowest BCUT2D eigenvalue weighted by atomic mass is 10.2. The van der Waals surface area contributed by atoms with E-state index in [0.717, 1.165) is 12.1 Å². The van der Waals surface area contributed by atoms with Crippen LogP contribution in [0.5, 0.6) is 0 Å². The minimum atomic E-state index is 0.481. The summed E-state index contributed by atoms with van der Waals surface area (Å²) < 4.78 is 5.62. The lowest BCUT2D eigenvalue weighted by Crippen LogP contribution is -2.12. The Bertz CT molecular complexity index is 712. The van der Waals surface area contributed by atoms with Gasteiger partial charge in [-0.25, -0.2) is 0 Å². The van der Waals surface area contributed by atoms with Crippen LogP contribution in [0.25, 0.3) is 11.5 Å². The summed E-state index contributed by atoms with van der Waals surface area (Å²) in [6.07, 6.45) is 0. The van der Waals surface area contributed by atoms with Gasteiger partial charge in [0.15, 0.2) is 0 Å². The highest BCUT2D eigenvalue weighted by molar-refractivity contribution is 6.30. The normalized spacial score (nSPS) is 10.7. The predicted molar refractivity (Wildman–Crippen MR) is 81.7 cm³/mol. The average molecular weight is 300 g/mol. The second-order valence-electron chi connectivity index (χ2n) is 4.60. The maximum atomic E-state index is 5.95. The Kier molecular flexibility index (Phi) is 4.28. The predicted octanol–water partition coefficient (Wildman–Crippen LogP) is 3.68. The zero-order chi connectivity index (χ0) is 14.5. The summed E-state index contributed by atoms with van der Waals surface area (Å²) in [7, 11) is 0. The Morgan fingerprint density at radius 3 is 2.62 bits per heavy atom. The van der Waals surface area contributed by atoms with Crippen molar-refractivity contribution in [1.82, 2.24) is 15.5 Å². The molecule has 0 atom stereocenters. The molecule has 2 aromatic carbocycles. The monoisotopic (exact) mass is 299 g/mol. The zero-order valence-electron chi connectivity index (χ0n) is 11.3. The van der Waals surface area contributed by atoms with E-state index in [4.69, 9.17) is 16.0 Å². The highest BCUT2D eigenvalue weighted by Crippen LogP contribution is 2.21. The van der Waals surface area contributed by atoms with E-state index in [1.807, 2.05) is 36.4 Å². The summed E-state index contributed by atoms with van der Waals surface area (Å²) >= 11 is 5.95. The van der Waals surface area contributed by atoms with Crippen LogP contribution in [0.4, 0.5) is 0 Å². The van der Waals surface area contributed by atoms with Gasteiger partial charge in [-0.05, 0) is 23.8 Å². The van der Waals surface area contributed by atoms with Crippen LogP contribution < -0.4 is 5.32 Å². The molecular weight excluding hydrogens is 286 g/mol. The van der Waals surface area contributed by atoms with Crippen molar-refractivity contribution in [3.05, 3.63) is 71.1 Å². The third-order valence-corrected chi connectivity index (χ3v) is 3.22. The Balaban J connectivity index is 1.60. The molecule has 1 N–H and O–H groups in total. The molecule has 0 aliphatic carbocycles. The first kappa shape index (κ1) is 13.8. The van der Waals surface area contributed by atoms with Crippen molar-refractivity contribution in [1.29, 1.82) is 0 Å². The van der Waals surface area contributed by atoms with Gasteiger partial charge in [-0.3, -0.25) is 0 Å². The molecule has 0 radical (unpaired) electrons. The second-order valence-corrected chi connectivity index (χ2v) is 5.04. The molecule has 0 fully saturated rings. The fourth-order valence-electron chi connectivity index (χ4n) is 1.97. The van der Waals surface area contributed by atoms with E-state index in [-0.39, 0.29) is 0 Å². The van der Waals surface area contributed by atoms with Gasteiger partial charge in [0.05, 0.1) is 6.54 Å². The van der Waals surface area contributed by atoms with Gasteiger partial charge in [-0.15, -0.1) is 10.2 Å². The number of rotatable bonds is 5. The van der Waals surface area contributed by atoms with Gasteiger partial charge in [0, 0.05) is 17.1 Å². The summed E-state index contributed by atoms with van der Waals surface area (Å²) in [6, 6.07) is 17.5. The lowest BCUT2D eigenvalue weighted by Gasteiger charge is -2.01. The number of hydrogen-bond acceptors (Lipinski definition) is 4. The smallest absolute Gasteiger partial charge is 0.247 e. The molecule has 4 nitrogen and oxygen atoms in total. The largest absolute Gasteiger partial charge is 0.419 e. The number of hydrogen-bond donors (Lipinski definition) is 1. The van der Waals surface area contributed by atoms with Crippen LogP contribution in [0.15, 0.2) is 59.0 Å². The molecule has 0 saturated heterocycles. The standard InChI is InChI=1S/C16H14ClN3O/c17-14-8-4-7-13(9-14)16-20-19-15(21-16)11-18-10-12-5-2-1-3-6-12/h1-9,18H,10-11H2. The summed E-state index contributed by atoms with van der Waals surface area (Å²) in [6.45, 7) is 1.29. The Morgan fingerprint density at radius 1 is 0.952 bits per heavy atom. The fourth-order valence-corrected chi connectivity index (χ4v) is 2.16.